The molecule has 0 spiro atoms. The molecule has 0 radical (unpaired) electrons. The van der Waals surface area contributed by atoms with Crippen LogP contribution in [0, 0.1) is 13.8 Å². The first-order chi connectivity index (χ1) is 14.3. The van der Waals surface area contributed by atoms with Crippen LogP contribution in [0.3, 0.4) is 0 Å². The first-order valence-electron chi connectivity index (χ1n) is 10.0. The van der Waals surface area contributed by atoms with Gasteiger partial charge in [0.1, 0.15) is 11.7 Å². The standard InChI is InChI=1S/C23H32N3O2PS/c1-7-18-21(30-17(4)26-18)11-9-10-12-27-22(23(5,6)28-15-24-8-2)19-13-16(3)20(29)14-25-19/h7,9-10,13-15,22H,1,8,11-12,29H2,2-6H3/b10-9+,24-15?. The van der Waals surface area contributed by atoms with Gasteiger partial charge in [0, 0.05) is 24.0 Å². The van der Waals surface area contributed by atoms with E-state index in [-0.39, 0.29) is 6.10 Å². The molecule has 0 aliphatic rings. The summed E-state index contributed by atoms with van der Waals surface area (Å²) in [5, 5.41) is 2.12. The van der Waals surface area contributed by atoms with E-state index in [0.29, 0.717) is 13.2 Å². The van der Waals surface area contributed by atoms with Gasteiger partial charge in [-0.2, -0.15) is 0 Å². The van der Waals surface area contributed by atoms with Gasteiger partial charge in [0.2, 0.25) is 0 Å². The van der Waals surface area contributed by atoms with Gasteiger partial charge in [-0.3, -0.25) is 9.98 Å². The summed E-state index contributed by atoms with van der Waals surface area (Å²) >= 11 is 1.70. The summed E-state index contributed by atoms with van der Waals surface area (Å²) in [6.07, 6.45) is 9.76. The summed E-state index contributed by atoms with van der Waals surface area (Å²) in [5.41, 5.74) is 2.32. The van der Waals surface area contributed by atoms with Gasteiger partial charge < -0.3 is 9.47 Å². The molecular weight excluding hydrogens is 413 g/mol. The van der Waals surface area contributed by atoms with E-state index in [0.717, 1.165) is 33.7 Å². The van der Waals surface area contributed by atoms with Crippen LogP contribution in [0.1, 0.15) is 53.7 Å². The van der Waals surface area contributed by atoms with Crippen molar-refractivity contribution in [1.29, 1.82) is 0 Å². The Balaban J connectivity index is 2.11. The number of hydrogen-bond donors (Lipinski definition) is 0. The maximum Gasteiger partial charge on any atom is 0.170 e. The van der Waals surface area contributed by atoms with Crippen molar-refractivity contribution in [3.63, 3.8) is 0 Å². The van der Waals surface area contributed by atoms with Crippen molar-refractivity contribution >= 4 is 38.4 Å². The number of aryl methyl sites for hydroxylation is 2. The predicted octanol–water partition coefficient (Wildman–Crippen LogP) is 5.00. The van der Waals surface area contributed by atoms with E-state index < -0.39 is 5.60 Å². The molecule has 2 aromatic rings. The highest BCUT2D eigenvalue weighted by molar-refractivity contribution is 7.27. The zero-order valence-electron chi connectivity index (χ0n) is 18.5. The summed E-state index contributed by atoms with van der Waals surface area (Å²) in [7, 11) is 2.70. The lowest BCUT2D eigenvalue weighted by molar-refractivity contribution is -0.0732. The number of rotatable bonds is 11. The molecule has 0 bridgehead atoms. The molecule has 0 aliphatic heterocycles. The Morgan fingerprint density at radius 3 is 2.77 bits per heavy atom. The van der Waals surface area contributed by atoms with Crippen molar-refractivity contribution in [3.8, 4) is 0 Å². The third-order valence-electron chi connectivity index (χ3n) is 4.54. The van der Waals surface area contributed by atoms with Crippen molar-refractivity contribution < 1.29 is 9.47 Å². The van der Waals surface area contributed by atoms with Crippen LogP contribution in [0.5, 0.6) is 0 Å². The molecule has 0 aliphatic carbocycles. The lowest BCUT2D eigenvalue weighted by Gasteiger charge is -2.32. The molecule has 0 saturated heterocycles. The average molecular weight is 446 g/mol. The van der Waals surface area contributed by atoms with Gasteiger partial charge in [-0.1, -0.05) is 18.7 Å². The number of allylic oxidation sites excluding steroid dienone is 1. The van der Waals surface area contributed by atoms with E-state index in [1.807, 2.05) is 40.0 Å². The smallest absolute Gasteiger partial charge is 0.170 e. The number of nitrogens with zero attached hydrogens (tertiary/aromatic N) is 3. The van der Waals surface area contributed by atoms with E-state index in [4.69, 9.17) is 9.47 Å². The van der Waals surface area contributed by atoms with Crippen LogP contribution in [-0.4, -0.2) is 35.1 Å². The second kappa shape index (κ2) is 11.5. The third-order valence-corrected chi connectivity index (χ3v) is 6.16. The minimum absolute atomic E-state index is 0.343. The van der Waals surface area contributed by atoms with Gasteiger partial charge in [-0.25, -0.2) is 4.98 Å². The second-order valence-electron chi connectivity index (χ2n) is 7.43. The van der Waals surface area contributed by atoms with Crippen LogP contribution < -0.4 is 5.30 Å². The summed E-state index contributed by atoms with van der Waals surface area (Å²) in [5.74, 6) is 0. The predicted molar refractivity (Wildman–Crippen MR) is 131 cm³/mol. The van der Waals surface area contributed by atoms with E-state index in [1.54, 1.807) is 17.4 Å². The zero-order chi connectivity index (χ0) is 22.1. The van der Waals surface area contributed by atoms with Crippen LogP contribution in [0.25, 0.3) is 6.08 Å². The largest absolute Gasteiger partial charge is 0.475 e. The van der Waals surface area contributed by atoms with E-state index in [1.165, 1.54) is 11.3 Å². The van der Waals surface area contributed by atoms with Crippen molar-refractivity contribution in [1.82, 2.24) is 9.97 Å². The van der Waals surface area contributed by atoms with E-state index >= 15 is 0 Å². The first-order valence-corrected chi connectivity index (χ1v) is 11.4. The number of thiazole rings is 1. The van der Waals surface area contributed by atoms with Crippen LogP contribution in [0.2, 0.25) is 0 Å². The highest BCUT2D eigenvalue weighted by Gasteiger charge is 2.34. The molecule has 0 fully saturated rings. The lowest BCUT2D eigenvalue weighted by atomic mass is 9.97. The molecule has 2 heterocycles. The van der Waals surface area contributed by atoms with Crippen molar-refractivity contribution in [2.75, 3.05) is 13.2 Å². The van der Waals surface area contributed by atoms with E-state index in [2.05, 4.69) is 49.8 Å². The molecule has 2 aromatic heterocycles. The minimum atomic E-state index is -0.626. The maximum atomic E-state index is 6.24. The van der Waals surface area contributed by atoms with E-state index in [9.17, 15) is 0 Å². The van der Waals surface area contributed by atoms with Gasteiger partial charge in [-0.05, 0) is 57.6 Å². The second-order valence-corrected chi connectivity index (χ2v) is 9.34. The van der Waals surface area contributed by atoms with Gasteiger partial charge in [0.25, 0.3) is 0 Å². The highest BCUT2D eigenvalue weighted by Crippen LogP contribution is 2.31. The number of aliphatic imine (C=N–C) groups is 1. The maximum absolute atomic E-state index is 6.24. The summed E-state index contributed by atoms with van der Waals surface area (Å²) in [4.78, 5) is 14.5. The Bertz CT molecular complexity index is 906. The molecule has 0 saturated carbocycles. The number of ether oxygens (including phenoxy) is 2. The van der Waals surface area contributed by atoms with Gasteiger partial charge in [-0.15, -0.1) is 20.6 Å². The molecule has 162 valence electrons. The van der Waals surface area contributed by atoms with Crippen LogP contribution >= 0.6 is 20.6 Å². The first kappa shape index (κ1) is 24.4. The molecule has 2 atom stereocenters. The third kappa shape index (κ3) is 6.83. The molecule has 0 N–H and O–H groups in total. The van der Waals surface area contributed by atoms with Crippen LogP contribution in [0.15, 0.2) is 36.0 Å². The molecule has 2 rings (SSSR count). The fourth-order valence-corrected chi connectivity index (χ4v) is 3.96. The molecule has 0 aromatic carbocycles. The molecule has 0 amide bonds. The summed E-state index contributed by atoms with van der Waals surface area (Å²) in [6, 6.07) is 2.05. The molecule has 2 unspecified atom stereocenters. The van der Waals surface area contributed by atoms with Crippen molar-refractivity contribution in [2.24, 2.45) is 4.99 Å². The molecular formula is C23H32N3O2PS. The number of aromatic nitrogens is 2. The Morgan fingerprint density at radius 1 is 1.33 bits per heavy atom. The van der Waals surface area contributed by atoms with Gasteiger partial charge >= 0.3 is 0 Å². The fraction of sp³-hybridized carbons (Fsp3) is 0.435. The minimum Gasteiger partial charge on any atom is -0.475 e. The van der Waals surface area contributed by atoms with Gasteiger partial charge in [0.15, 0.2) is 6.40 Å². The Hall–Kier alpha value is -1.88. The normalized spacial score (nSPS) is 13.3. The number of hydrogen-bond acceptors (Lipinski definition) is 6. The quantitative estimate of drug-likeness (QED) is 0.211. The Labute approximate surface area is 186 Å². The molecule has 7 heteroatoms. The topological polar surface area (TPSA) is 56.6 Å². The van der Waals surface area contributed by atoms with Crippen LogP contribution in [0.4, 0.5) is 0 Å². The zero-order valence-corrected chi connectivity index (χ0v) is 20.5. The lowest BCUT2D eigenvalue weighted by Crippen LogP contribution is -2.35. The monoisotopic (exact) mass is 445 g/mol. The molecule has 5 nitrogen and oxygen atoms in total. The fourth-order valence-electron chi connectivity index (χ4n) is 2.88. The Morgan fingerprint density at radius 2 is 2.10 bits per heavy atom. The molecule has 30 heavy (non-hydrogen) atoms. The average Bonchev–Trinajstić information content (AvgIpc) is 3.06. The van der Waals surface area contributed by atoms with Crippen LogP contribution in [-0.2, 0) is 15.9 Å². The SMILES string of the molecule is C=Cc1nc(C)sc1C/C=C/COC(c1cc(C)c(P)cn1)C(C)(C)OC=NCC. The van der Waals surface area contributed by atoms with Gasteiger partial charge in [0.05, 0.1) is 23.0 Å². The van der Waals surface area contributed by atoms with Crippen molar-refractivity contribution in [2.45, 2.75) is 52.7 Å². The summed E-state index contributed by atoms with van der Waals surface area (Å²) in [6.45, 7) is 15.0. The van der Waals surface area contributed by atoms with Crippen molar-refractivity contribution in [3.05, 3.63) is 57.8 Å². The summed E-state index contributed by atoms with van der Waals surface area (Å²) < 4.78 is 12.2. The highest BCUT2D eigenvalue weighted by atomic mass is 32.1. The number of pyridine rings is 1. The Kier molecular flexibility index (Phi) is 9.35.